The van der Waals surface area contributed by atoms with Gasteiger partial charge in [-0.05, 0) is 31.5 Å². The lowest BCUT2D eigenvalue weighted by molar-refractivity contribution is -0.140. The number of hydrogen-bond donors (Lipinski definition) is 1. The maximum absolute atomic E-state index is 12.4. The van der Waals surface area contributed by atoms with Crippen molar-refractivity contribution in [3.63, 3.8) is 0 Å². The third kappa shape index (κ3) is 3.13. The lowest BCUT2D eigenvalue weighted by Gasteiger charge is -2.22. The summed E-state index contributed by atoms with van der Waals surface area (Å²) in [6.45, 7) is 3.82. The summed E-state index contributed by atoms with van der Waals surface area (Å²) >= 11 is 5.97. The van der Waals surface area contributed by atoms with E-state index in [2.05, 4.69) is 5.32 Å². The lowest BCUT2D eigenvalue weighted by atomic mass is 10.2. The molecule has 1 aliphatic rings. The standard InChI is InChI=1S/C15H19ClN2O3/c1-4-9(2)18-14(19)8-12(15(18)20)17-11-7-10(16)5-6-13(11)21-3/h5-7,9,12,17H,4,8H2,1-3H3. The molecule has 5 nitrogen and oxygen atoms in total. The molecule has 1 aromatic carbocycles. The van der Waals surface area contributed by atoms with Gasteiger partial charge in [0.25, 0.3) is 5.91 Å². The van der Waals surface area contributed by atoms with Crippen molar-refractivity contribution in [2.75, 3.05) is 12.4 Å². The van der Waals surface area contributed by atoms with Crippen molar-refractivity contribution in [1.82, 2.24) is 4.90 Å². The van der Waals surface area contributed by atoms with E-state index in [1.165, 1.54) is 4.90 Å². The Morgan fingerprint density at radius 2 is 2.19 bits per heavy atom. The Kier molecular flexibility index (Phi) is 4.73. The second-order valence-electron chi connectivity index (χ2n) is 5.10. The number of nitrogens with zero attached hydrogens (tertiary/aromatic N) is 1. The molecule has 0 bridgehead atoms. The zero-order valence-electron chi connectivity index (χ0n) is 12.4. The van der Waals surface area contributed by atoms with E-state index in [-0.39, 0.29) is 24.3 Å². The third-order valence-corrected chi connectivity index (χ3v) is 3.94. The molecule has 0 aromatic heterocycles. The molecule has 1 aliphatic heterocycles. The molecule has 0 spiro atoms. The highest BCUT2D eigenvalue weighted by Crippen LogP contribution is 2.30. The van der Waals surface area contributed by atoms with Crippen LogP contribution in [0.3, 0.4) is 0 Å². The van der Waals surface area contributed by atoms with Crippen LogP contribution in [0, 0.1) is 0 Å². The lowest BCUT2D eigenvalue weighted by Crippen LogP contribution is -2.40. The average molecular weight is 311 g/mol. The van der Waals surface area contributed by atoms with E-state index >= 15 is 0 Å². The summed E-state index contributed by atoms with van der Waals surface area (Å²) in [6, 6.07) is 4.46. The van der Waals surface area contributed by atoms with Gasteiger partial charge >= 0.3 is 0 Å². The summed E-state index contributed by atoms with van der Waals surface area (Å²) in [7, 11) is 1.54. The molecule has 1 N–H and O–H groups in total. The van der Waals surface area contributed by atoms with E-state index in [0.717, 1.165) is 6.42 Å². The monoisotopic (exact) mass is 310 g/mol. The number of rotatable bonds is 5. The maximum atomic E-state index is 12.4. The molecule has 6 heteroatoms. The number of amides is 2. The summed E-state index contributed by atoms with van der Waals surface area (Å²) < 4.78 is 5.24. The number of nitrogens with one attached hydrogen (secondary N) is 1. The molecule has 1 aromatic rings. The Bertz CT molecular complexity index is 562. The van der Waals surface area contributed by atoms with Crippen LogP contribution in [-0.4, -0.2) is 35.9 Å². The average Bonchev–Trinajstić information content (AvgIpc) is 2.73. The van der Waals surface area contributed by atoms with Crippen LogP contribution in [0.1, 0.15) is 26.7 Å². The number of ether oxygens (including phenoxy) is 1. The van der Waals surface area contributed by atoms with Gasteiger partial charge in [-0.2, -0.15) is 0 Å². The maximum Gasteiger partial charge on any atom is 0.252 e. The molecule has 21 heavy (non-hydrogen) atoms. The Hall–Kier alpha value is -1.75. The van der Waals surface area contributed by atoms with Crippen LogP contribution in [0.25, 0.3) is 0 Å². The largest absolute Gasteiger partial charge is 0.495 e. The van der Waals surface area contributed by atoms with Crippen LogP contribution in [0.2, 0.25) is 5.02 Å². The van der Waals surface area contributed by atoms with Crippen LogP contribution in [-0.2, 0) is 9.59 Å². The topological polar surface area (TPSA) is 58.6 Å². The summed E-state index contributed by atoms with van der Waals surface area (Å²) in [5.41, 5.74) is 0.613. The second-order valence-corrected chi connectivity index (χ2v) is 5.54. The molecule has 1 saturated heterocycles. The number of likely N-dealkylation sites (tertiary alicyclic amines) is 1. The number of carbonyl (C=O) groups excluding carboxylic acids is 2. The quantitative estimate of drug-likeness (QED) is 0.850. The van der Waals surface area contributed by atoms with Gasteiger partial charge in [-0.3, -0.25) is 14.5 Å². The molecule has 0 aliphatic carbocycles. The summed E-state index contributed by atoms with van der Waals surface area (Å²) in [6.07, 6.45) is 0.892. The second kappa shape index (κ2) is 6.35. The smallest absolute Gasteiger partial charge is 0.252 e. The molecule has 1 heterocycles. The van der Waals surface area contributed by atoms with Crippen LogP contribution in [0.15, 0.2) is 18.2 Å². The zero-order chi connectivity index (χ0) is 15.6. The Balaban J connectivity index is 2.20. The third-order valence-electron chi connectivity index (χ3n) is 3.71. The van der Waals surface area contributed by atoms with E-state index in [9.17, 15) is 9.59 Å². The van der Waals surface area contributed by atoms with E-state index in [4.69, 9.17) is 16.3 Å². The fourth-order valence-electron chi connectivity index (χ4n) is 2.39. The first-order chi connectivity index (χ1) is 9.97. The molecular weight excluding hydrogens is 292 g/mol. The molecule has 2 atom stereocenters. The van der Waals surface area contributed by atoms with Crippen LogP contribution in [0.4, 0.5) is 5.69 Å². The normalized spacial score (nSPS) is 19.8. The fourth-order valence-corrected chi connectivity index (χ4v) is 2.56. The predicted octanol–water partition coefficient (Wildman–Crippen LogP) is 2.69. The van der Waals surface area contributed by atoms with Crippen molar-refractivity contribution in [3.05, 3.63) is 23.2 Å². The predicted molar refractivity (Wildman–Crippen MR) is 81.6 cm³/mol. The van der Waals surface area contributed by atoms with Crippen LogP contribution < -0.4 is 10.1 Å². The van der Waals surface area contributed by atoms with Gasteiger partial charge in [0.2, 0.25) is 5.91 Å². The number of hydrogen-bond acceptors (Lipinski definition) is 4. The first-order valence-corrected chi connectivity index (χ1v) is 7.31. The number of anilines is 1. The molecule has 2 unspecified atom stereocenters. The molecule has 0 saturated carbocycles. The van der Waals surface area contributed by atoms with Gasteiger partial charge in [0.15, 0.2) is 0 Å². The first-order valence-electron chi connectivity index (χ1n) is 6.93. The van der Waals surface area contributed by atoms with E-state index < -0.39 is 6.04 Å². The van der Waals surface area contributed by atoms with Gasteiger partial charge in [0.05, 0.1) is 19.2 Å². The van der Waals surface area contributed by atoms with Gasteiger partial charge in [-0.1, -0.05) is 18.5 Å². The van der Waals surface area contributed by atoms with Gasteiger partial charge in [-0.25, -0.2) is 0 Å². The van der Waals surface area contributed by atoms with Gasteiger partial charge in [0.1, 0.15) is 11.8 Å². The SMILES string of the molecule is CCC(C)N1C(=O)CC(Nc2cc(Cl)ccc2OC)C1=O. The first kappa shape index (κ1) is 15.6. The number of methoxy groups -OCH3 is 1. The molecular formula is C15H19ClN2O3. The Morgan fingerprint density at radius 3 is 2.81 bits per heavy atom. The summed E-state index contributed by atoms with van der Waals surface area (Å²) in [4.78, 5) is 25.7. The van der Waals surface area contributed by atoms with E-state index in [1.54, 1.807) is 25.3 Å². The van der Waals surface area contributed by atoms with Crippen molar-refractivity contribution in [2.45, 2.75) is 38.8 Å². The van der Waals surface area contributed by atoms with Gasteiger partial charge < -0.3 is 10.1 Å². The van der Waals surface area contributed by atoms with Crippen molar-refractivity contribution >= 4 is 29.1 Å². The number of benzene rings is 1. The number of halogens is 1. The summed E-state index contributed by atoms with van der Waals surface area (Å²) in [5, 5.41) is 3.60. The number of carbonyl (C=O) groups is 2. The Morgan fingerprint density at radius 1 is 1.48 bits per heavy atom. The molecule has 1 fully saturated rings. The fraction of sp³-hybridized carbons (Fsp3) is 0.467. The molecule has 0 radical (unpaired) electrons. The molecule has 114 valence electrons. The van der Waals surface area contributed by atoms with Crippen molar-refractivity contribution in [1.29, 1.82) is 0 Å². The van der Waals surface area contributed by atoms with E-state index in [0.29, 0.717) is 16.5 Å². The zero-order valence-corrected chi connectivity index (χ0v) is 13.1. The highest BCUT2D eigenvalue weighted by molar-refractivity contribution is 6.31. The van der Waals surface area contributed by atoms with E-state index in [1.807, 2.05) is 13.8 Å². The summed E-state index contributed by atoms with van der Waals surface area (Å²) in [5.74, 6) is 0.242. The number of imide groups is 1. The highest BCUT2D eigenvalue weighted by atomic mass is 35.5. The highest BCUT2D eigenvalue weighted by Gasteiger charge is 2.40. The minimum Gasteiger partial charge on any atom is -0.495 e. The van der Waals surface area contributed by atoms with Crippen LogP contribution >= 0.6 is 11.6 Å². The van der Waals surface area contributed by atoms with Crippen molar-refractivity contribution < 1.29 is 14.3 Å². The van der Waals surface area contributed by atoms with Crippen molar-refractivity contribution in [3.8, 4) is 5.75 Å². The van der Waals surface area contributed by atoms with Gasteiger partial charge in [0, 0.05) is 11.1 Å². The molecule has 2 rings (SSSR count). The minimum atomic E-state index is -0.570. The van der Waals surface area contributed by atoms with Crippen LogP contribution in [0.5, 0.6) is 5.75 Å². The van der Waals surface area contributed by atoms with Gasteiger partial charge in [-0.15, -0.1) is 0 Å². The van der Waals surface area contributed by atoms with Crippen molar-refractivity contribution in [2.24, 2.45) is 0 Å². The minimum absolute atomic E-state index is 0.0851. The Labute approximate surface area is 129 Å². The molecule has 2 amide bonds.